The van der Waals surface area contributed by atoms with Crippen LogP contribution in [0.5, 0.6) is 0 Å². The maximum absolute atomic E-state index is 12.3. The monoisotopic (exact) mass is 336 g/mol. The maximum atomic E-state index is 12.3. The SMILES string of the molecule is C=CCONCCCC=C1C(=O)CC(C(=O)N(CC)CC)CC1=O. The third-order valence-electron chi connectivity index (χ3n) is 4.02. The van der Waals surface area contributed by atoms with E-state index in [9.17, 15) is 14.4 Å². The van der Waals surface area contributed by atoms with Gasteiger partial charge in [0.2, 0.25) is 5.91 Å². The van der Waals surface area contributed by atoms with E-state index < -0.39 is 5.92 Å². The zero-order chi connectivity index (χ0) is 17.9. The summed E-state index contributed by atoms with van der Waals surface area (Å²) in [5, 5.41) is 0. The van der Waals surface area contributed by atoms with Crippen LogP contribution in [0.3, 0.4) is 0 Å². The van der Waals surface area contributed by atoms with Gasteiger partial charge in [0.05, 0.1) is 18.1 Å². The van der Waals surface area contributed by atoms with Crippen molar-refractivity contribution in [3.8, 4) is 0 Å². The van der Waals surface area contributed by atoms with Crippen LogP contribution in [0.1, 0.15) is 39.5 Å². The predicted octanol–water partition coefficient (Wildman–Crippen LogP) is 1.82. The summed E-state index contributed by atoms with van der Waals surface area (Å²) in [5.41, 5.74) is 3.03. The number of nitrogens with one attached hydrogen (secondary N) is 1. The van der Waals surface area contributed by atoms with E-state index in [1.54, 1.807) is 17.1 Å². The molecule has 1 aliphatic carbocycles. The summed E-state index contributed by atoms with van der Waals surface area (Å²) in [7, 11) is 0. The lowest BCUT2D eigenvalue weighted by Crippen LogP contribution is -2.40. The van der Waals surface area contributed by atoms with Crippen molar-refractivity contribution in [3.05, 3.63) is 24.3 Å². The summed E-state index contributed by atoms with van der Waals surface area (Å²) in [4.78, 5) is 43.5. The number of hydroxylamine groups is 1. The highest BCUT2D eigenvalue weighted by Gasteiger charge is 2.35. The fourth-order valence-electron chi connectivity index (χ4n) is 2.70. The van der Waals surface area contributed by atoms with Crippen molar-refractivity contribution in [2.75, 3.05) is 26.2 Å². The lowest BCUT2D eigenvalue weighted by molar-refractivity contribution is -0.141. The molecule has 0 aromatic rings. The number of allylic oxidation sites excluding steroid dienone is 2. The quantitative estimate of drug-likeness (QED) is 0.216. The molecule has 0 unspecified atom stereocenters. The first kappa shape index (κ1) is 20.3. The second kappa shape index (κ2) is 10.9. The molecule has 0 spiro atoms. The minimum Gasteiger partial charge on any atom is -0.343 e. The highest BCUT2D eigenvalue weighted by atomic mass is 16.6. The van der Waals surface area contributed by atoms with Crippen LogP contribution in [-0.2, 0) is 19.2 Å². The van der Waals surface area contributed by atoms with Gasteiger partial charge in [0.1, 0.15) is 0 Å². The van der Waals surface area contributed by atoms with Gasteiger partial charge in [-0.25, -0.2) is 5.48 Å². The molecule has 24 heavy (non-hydrogen) atoms. The van der Waals surface area contributed by atoms with E-state index in [1.165, 1.54) is 0 Å². The van der Waals surface area contributed by atoms with Crippen LogP contribution in [0.4, 0.5) is 0 Å². The van der Waals surface area contributed by atoms with Crippen molar-refractivity contribution in [3.63, 3.8) is 0 Å². The molecular formula is C18H28N2O4. The van der Waals surface area contributed by atoms with Crippen LogP contribution in [-0.4, -0.2) is 48.6 Å². The Morgan fingerprint density at radius 1 is 1.29 bits per heavy atom. The first-order valence-corrected chi connectivity index (χ1v) is 8.55. The minimum absolute atomic E-state index is 0.0932. The Balaban J connectivity index is 2.49. The topological polar surface area (TPSA) is 75.7 Å². The number of nitrogens with zero attached hydrogens (tertiary/aromatic N) is 1. The third kappa shape index (κ3) is 6.02. The average Bonchev–Trinajstić information content (AvgIpc) is 2.56. The highest BCUT2D eigenvalue weighted by Crippen LogP contribution is 2.25. The molecule has 0 bridgehead atoms. The summed E-state index contributed by atoms with van der Waals surface area (Å²) >= 11 is 0. The first-order chi connectivity index (χ1) is 11.5. The molecule has 0 radical (unpaired) electrons. The van der Waals surface area contributed by atoms with Crippen molar-refractivity contribution >= 4 is 17.5 Å². The van der Waals surface area contributed by atoms with Crippen LogP contribution in [0.15, 0.2) is 24.3 Å². The zero-order valence-corrected chi connectivity index (χ0v) is 14.7. The van der Waals surface area contributed by atoms with Crippen molar-refractivity contribution in [1.82, 2.24) is 10.4 Å². The van der Waals surface area contributed by atoms with Crippen LogP contribution in [0, 0.1) is 5.92 Å². The Morgan fingerprint density at radius 2 is 1.92 bits per heavy atom. The van der Waals surface area contributed by atoms with E-state index in [-0.39, 0.29) is 35.9 Å². The molecule has 0 atom stereocenters. The second-order valence-electron chi connectivity index (χ2n) is 5.72. The molecule has 0 aromatic carbocycles. The fourth-order valence-corrected chi connectivity index (χ4v) is 2.70. The first-order valence-electron chi connectivity index (χ1n) is 8.55. The molecule has 1 rings (SSSR count). The number of unbranched alkanes of at least 4 members (excludes halogenated alkanes) is 1. The van der Waals surface area contributed by atoms with E-state index >= 15 is 0 Å². The summed E-state index contributed by atoms with van der Waals surface area (Å²) in [6.45, 7) is 9.57. The number of Topliss-reactive ketones (excluding diaryl/α,β-unsaturated/α-hetero) is 2. The summed E-state index contributed by atoms with van der Waals surface area (Å²) < 4.78 is 0. The van der Waals surface area contributed by atoms with Crippen molar-refractivity contribution in [2.24, 2.45) is 5.92 Å². The molecule has 6 heteroatoms. The smallest absolute Gasteiger partial charge is 0.226 e. The largest absolute Gasteiger partial charge is 0.343 e. The second-order valence-corrected chi connectivity index (χ2v) is 5.72. The molecule has 6 nitrogen and oxygen atoms in total. The molecule has 1 N–H and O–H groups in total. The fraction of sp³-hybridized carbons (Fsp3) is 0.611. The molecule has 134 valence electrons. The predicted molar refractivity (Wildman–Crippen MR) is 92.1 cm³/mol. The van der Waals surface area contributed by atoms with E-state index in [1.807, 2.05) is 13.8 Å². The number of hydrogen-bond donors (Lipinski definition) is 1. The normalized spacial score (nSPS) is 17.8. The Kier molecular flexibility index (Phi) is 9.19. The van der Waals surface area contributed by atoms with Gasteiger partial charge in [-0.05, 0) is 26.7 Å². The number of amides is 1. The third-order valence-corrected chi connectivity index (χ3v) is 4.02. The van der Waals surface area contributed by atoms with Crippen molar-refractivity contribution in [1.29, 1.82) is 0 Å². The van der Waals surface area contributed by atoms with E-state index in [2.05, 4.69) is 12.1 Å². The van der Waals surface area contributed by atoms with Gasteiger partial charge in [0, 0.05) is 32.5 Å². The van der Waals surface area contributed by atoms with Gasteiger partial charge in [-0.15, -0.1) is 6.58 Å². The molecule has 1 amide bonds. The van der Waals surface area contributed by atoms with Gasteiger partial charge in [-0.1, -0.05) is 12.2 Å². The van der Waals surface area contributed by atoms with Gasteiger partial charge in [-0.2, -0.15) is 0 Å². The van der Waals surface area contributed by atoms with Crippen molar-refractivity contribution < 1.29 is 19.2 Å². The molecule has 0 heterocycles. The van der Waals surface area contributed by atoms with Gasteiger partial charge in [0.25, 0.3) is 0 Å². The van der Waals surface area contributed by atoms with Crippen LogP contribution >= 0.6 is 0 Å². The molecule has 1 saturated carbocycles. The summed E-state index contributed by atoms with van der Waals surface area (Å²) in [6.07, 6.45) is 4.97. The lowest BCUT2D eigenvalue weighted by Gasteiger charge is -2.27. The van der Waals surface area contributed by atoms with Gasteiger partial charge in [0.15, 0.2) is 11.6 Å². The molecular weight excluding hydrogens is 308 g/mol. The molecule has 1 fully saturated rings. The number of hydrogen-bond acceptors (Lipinski definition) is 5. The van der Waals surface area contributed by atoms with E-state index in [0.717, 1.165) is 6.42 Å². The van der Waals surface area contributed by atoms with E-state index in [4.69, 9.17) is 4.84 Å². The number of carbonyl (C=O) groups excluding carboxylic acids is 3. The molecule has 0 aromatic heterocycles. The van der Waals surface area contributed by atoms with E-state index in [0.29, 0.717) is 32.7 Å². The molecule has 0 aliphatic heterocycles. The van der Waals surface area contributed by atoms with Gasteiger partial charge < -0.3 is 4.90 Å². The molecule has 0 saturated heterocycles. The number of carbonyl (C=O) groups is 3. The van der Waals surface area contributed by atoms with Gasteiger partial charge in [-0.3, -0.25) is 19.2 Å². The number of rotatable bonds is 10. The zero-order valence-electron chi connectivity index (χ0n) is 14.7. The Hall–Kier alpha value is -1.79. The Bertz CT molecular complexity index is 475. The average molecular weight is 336 g/mol. The summed E-state index contributed by atoms with van der Waals surface area (Å²) in [5.74, 6) is -1.03. The van der Waals surface area contributed by atoms with Crippen LogP contribution < -0.4 is 5.48 Å². The Morgan fingerprint density at radius 3 is 2.46 bits per heavy atom. The van der Waals surface area contributed by atoms with Crippen LogP contribution in [0.25, 0.3) is 0 Å². The standard InChI is InChI=1S/C18H28N2O4/c1-4-11-24-19-10-8-7-9-15-16(21)12-14(13-17(15)22)18(23)20(5-2)6-3/h4,9,14,19H,1,5-8,10-13H2,2-3H3. The van der Waals surface area contributed by atoms with Crippen LogP contribution in [0.2, 0.25) is 0 Å². The van der Waals surface area contributed by atoms with Gasteiger partial charge >= 0.3 is 0 Å². The number of ketones is 2. The highest BCUT2D eigenvalue weighted by molar-refractivity contribution is 6.23. The summed E-state index contributed by atoms with van der Waals surface area (Å²) in [6, 6.07) is 0. The molecule has 1 aliphatic rings. The van der Waals surface area contributed by atoms with Crippen molar-refractivity contribution in [2.45, 2.75) is 39.5 Å². The minimum atomic E-state index is -0.504. The Labute approximate surface area is 143 Å². The maximum Gasteiger partial charge on any atom is 0.226 e. The lowest BCUT2D eigenvalue weighted by atomic mass is 9.82.